The van der Waals surface area contributed by atoms with Crippen LogP contribution in [0.1, 0.15) is 24.1 Å². The predicted octanol–water partition coefficient (Wildman–Crippen LogP) is 5.13. The van der Waals surface area contributed by atoms with E-state index in [1.54, 1.807) is 0 Å². The van der Waals surface area contributed by atoms with Crippen molar-refractivity contribution in [2.45, 2.75) is 19.5 Å². The molecular formula is C17H20Br2N2. The van der Waals surface area contributed by atoms with Crippen LogP contribution in [0.25, 0.3) is 0 Å². The van der Waals surface area contributed by atoms with Crippen LogP contribution in [0.2, 0.25) is 0 Å². The molecular weight excluding hydrogens is 392 g/mol. The summed E-state index contributed by atoms with van der Waals surface area (Å²) < 4.78 is 2.24. The highest BCUT2D eigenvalue weighted by atomic mass is 79.9. The summed E-state index contributed by atoms with van der Waals surface area (Å²) in [5.41, 5.74) is 3.76. The molecule has 0 radical (unpaired) electrons. The first-order valence-electron chi connectivity index (χ1n) is 6.93. The largest absolute Gasteiger partial charge is 0.369 e. The van der Waals surface area contributed by atoms with Gasteiger partial charge in [0.2, 0.25) is 0 Å². The Morgan fingerprint density at radius 1 is 1.14 bits per heavy atom. The Kier molecular flexibility index (Phi) is 5.85. The van der Waals surface area contributed by atoms with Gasteiger partial charge >= 0.3 is 0 Å². The summed E-state index contributed by atoms with van der Waals surface area (Å²) in [4.78, 5) is 2.25. The summed E-state index contributed by atoms with van der Waals surface area (Å²) in [6.45, 7) is 3.03. The van der Waals surface area contributed by atoms with Crippen molar-refractivity contribution in [2.24, 2.45) is 0 Å². The highest BCUT2D eigenvalue weighted by molar-refractivity contribution is 9.10. The molecule has 0 spiro atoms. The smallest absolute Gasteiger partial charge is 0.0511 e. The van der Waals surface area contributed by atoms with Gasteiger partial charge in [0, 0.05) is 28.6 Å². The highest BCUT2D eigenvalue weighted by Crippen LogP contribution is 2.29. The minimum absolute atomic E-state index is 0.353. The SMILES string of the molecule is CNC(C)c1ccc(N(C)Cc2cccc(Br)c2)c(Br)c1. The van der Waals surface area contributed by atoms with Gasteiger partial charge in [0.25, 0.3) is 0 Å². The minimum atomic E-state index is 0.353. The molecule has 1 N–H and O–H groups in total. The van der Waals surface area contributed by atoms with Gasteiger partial charge in [-0.2, -0.15) is 0 Å². The first kappa shape index (κ1) is 16.5. The van der Waals surface area contributed by atoms with Gasteiger partial charge in [0.15, 0.2) is 0 Å². The molecule has 2 nitrogen and oxygen atoms in total. The zero-order chi connectivity index (χ0) is 15.4. The number of halogens is 2. The Hall–Kier alpha value is -0.840. The fourth-order valence-electron chi connectivity index (χ4n) is 2.26. The average Bonchev–Trinajstić information content (AvgIpc) is 2.46. The summed E-state index contributed by atoms with van der Waals surface area (Å²) in [5.74, 6) is 0. The molecule has 112 valence electrons. The second-order valence-corrected chi connectivity index (χ2v) is 6.98. The number of hydrogen-bond acceptors (Lipinski definition) is 2. The summed E-state index contributed by atoms with van der Waals surface area (Å²) >= 11 is 7.22. The van der Waals surface area contributed by atoms with Crippen molar-refractivity contribution in [3.8, 4) is 0 Å². The molecule has 0 fully saturated rings. The van der Waals surface area contributed by atoms with Crippen LogP contribution in [0.5, 0.6) is 0 Å². The first-order valence-corrected chi connectivity index (χ1v) is 8.52. The van der Waals surface area contributed by atoms with Crippen LogP contribution in [0, 0.1) is 0 Å². The topological polar surface area (TPSA) is 15.3 Å². The molecule has 0 aliphatic carbocycles. The fraction of sp³-hybridized carbons (Fsp3) is 0.294. The summed E-state index contributed by atoms with van der Waals surface area (Å²) in [6, 6.07) is 15.3. The molecule has 0 saturated carbocycles. The van der Waals surface area contributed by atoms with E-state index in [1.807, 2.05) is 13.1 Å². The average molecular weight is 412 g/mol. The number of nitrogens with zero attached hydrogens (tertiary/aromatic N) is 1. The lowest BCUT2D eigenvalue weighted by Crippen LogP contribution is -2.17. The molecule has 2 rings (SSSR count). The molecule has 0 heterocycles. The molecule has 0 aliphatic rings. The van der Waals surface area contributed by atoms with Crippen LogP contribution in [-0.4, -0.2) is 14.1 Å². The molecule has 1 unspecified atom stereocenters. The molecule has 0 aliphatic heterocycles. The lowest BCUT2D eigenvalue weighted by molar-refractivity contribution is 0.652. The normalized spacial score (nSPS) is 12.2. The van der Waals surface area contributed by atoms with Crippen molar-refractivity contribution in [2.75, 3.05) is 19.0 Å². The van der Waals surface area contributed by atoms with Crippen molar-refractivity contribution >= 4 is 37.5 Å². The molecule has 21 heavy (non-hydrogen) atoms. The molecule has 2 aromatic rings. The zero-order valence-corrected chi connectivity index (χ0v) is 15.7. The number of rotatable bonds is 5. The van der Waals surface area contributed by atoms with E-state index in [4.69, 9.17) is 0 Å². The van der Waals surface area contributed by atoms with E-state index >= 15 is 0 Å². The van der Waals surface area contributed by atoms with Gasteiger partial charge in [-0.25, -0.2) is 0 Å². The van der Waals surface area contributed by atoms with Crippen LogP contribution in [0.4, 0.5) is 5.69 Å². The van der Waals surface area contributed by atoms with E-state index in [-0.39, 0.29) is 0 Å². The van der Waals surface area contributed by atoms with Crippen LogP contribution >= 0.6 is 31.9 Å². The monoisotopic (exact) mass is 410 g/mol. The summed E-state index contributed by atoms with van der Waals surface area (Å²) in [7, 11) is 4.09. The Balaban J connectivity index is 2.17. The lowest BCUT2D eigenvalue weighted by atomic mass is 10.1. The third-order valence-electron chi connectivity index (χ3n) is 3.62. The third-order valence-corrected chi connectivity index (χ3v) is 4.75. The Labute approximate surface area is 143 Å². The molecule has 0 saturated heterocycles. The van der Waals surface area contributed by atoms with E-state index in [9.17, 15) is 0 Å². The number of nitrogens with one attached hydrogen (secondary N) is 1. The van der Waals surface area contributed by atoms with E-state index < -0.39 is 0 Å². The van der Waals surface area contributed by atoms with Crippen molar-refractivity contribution in [3.05, 3.63) is 62.5 Å². The van der Waals surface area contributed by atoms with Crippen LogP contribution in [0.3, 0.4) is 0 Å². The van der Waals surface area contributed by atoms with E-state index in [0.29, 0.717) is 6.04 Å². The van der Waals surface area contributed by atoms with Gasteiger partial charge in [0.1, 0.15) is 0 Å². The van der Waals surface area contributed by atoms with Gasteiger partial charge < -0.3 is 10.2 Å². The number of hydrogen-bond donors (Lipinski definition) is 1. The maximum atomic E-state index is 3.69. The van der Waals surface area contributed by atoms with Gasteiger partial charge in [-0.05, 0) is 65.3 Å². The Morgan fingerprint density at radius 2 is 1.90 bits per heavy atom. The van der Waals surface area contributed by atoms with Crippen molar-refractivity contribution < 1.29 is 0 Å². The van der Waals surface area contributed by atoms with Gasteiger partial charge in [-0.1, -0.05) is 34.1 Å². The maximum absolute atomic E-state index is 3.69. The minimum Gasteiger partial charge on any atom is -0.369 e. The van der Waals surface area contributed by atoms with Crippen LogP contribution in [-0.2, 0) is 6.54 Å². The third kappa shape index (κ3) is 4.31. The summed E-state index contributed by atoms with van der Waals surface area (Å²) in [6.07, 6.45) is 0. The number of anilines is 1. The Morgan fingerprint density at radius 3 is 2.52 bits per heavy atom. The second kappa shape index (κ2) is 7.43. The summed E-state index contributed by atoms with van der Waals surface area (Å²) in [5, 5.41) is 3.26. The van der Waals surface area contributed by atoms with Gasteiger partial charge in [-0.3, -0.25) is 0 Å². The predicted molar refractivity (Wildman–Crippen MR) is 97.9 cm³/mol. The molecule has 4 heteroatoms. The lowest BCUT2D eigenvalue weighted by Gasteiger charge is -2.22. The van der Waals surface area contributed by atoms with Gasteiger partial charge in [-0.15, -0.1) is 0 Å². The van der Waals surface area contributed by atoms with E-state index in [1.165, 1.54) is 16.8 Å². The van der Waals surface area contributed by atoms with Crippen molar-refractivity contribution in [3.63, 3.8) is 0 Å². The fourth-order valence-corrected chi connectivity index (χ4v) is 3.41. The van der Waals surface area contributed by atoms with E-state index in [2.05, 4.69) is 92.4 Å². The highest BCUT2D eigenvalue weighted by Gasteiger charge is 2.10. The molecule has 1 atom stereocenters. The maximum Gasteiger partial charge on any atom is 0.0511 e. The number of benzene rings is 2. The zero-order valence-electron chi connectivity index (χ0n) is 12.5. The molecule has 0 amide bonds. The molecule has 2 aromatic carbocycles. The molecule has 0 bridgehead atoms. The standard InChI is InChI=1S/C17H20Br2N2/c1-12(20-2)14-7-8-17(16(19)10-14)21(3)11-13-5-4-6-15(18)9-13/h4-10,12,20H,11H2,1-3H3. The van der Waals surface area contributed by atoms with Crippen LogP contribution < -0.4 is 10.2 Å². The second-order valence-electron chi connectivity index (χ2n) is 5.21. The van der Waals surface area contributed by atoms with Crippen molar-refractivity contribution in [1.82, 2.24) is 5.32 Å². The van der Waals surface area contributed by atoms with Crippen molar-refractivity contribution in [1.29, 1.82) is 0 Å². The quantitative estimate of drug-likeness (QED) is 0.733. The first-order chi connectivity index (χ1) is 10.0. The van der Waals surface area contributed by atoms with Crippen LogP contribution in [0.15, 0.2) is 51.4 Å². The van der Waals surface area contributed by atoms with E-state index in [0.717, 1.165) is 15.5 Å². The van der Waals surface area contributed by atoms with Gasteiger partial charge in [0.05, 0.1) is 5.69 Å². The Bertz CT molecular complexity index is 613. The molecule has 0 aromatic heterocycles.